The Morgan fingerprint density at radius 1 is 0.955 bits per heavy atom. The van der Waals surface area contributed by atoms with Gasteiger partial charge in [0, 0.05) is 27.8 Å². The van der Waals surface area contributed by atoms with E-state index in [9.17, 15) is 0 Å². The predicted octanol–water partition coefficient (Wildman–Crippen LogP) is 5.19. The van der Waals surface area contributed by atoms with Gasteiger partial charge in [-0.1, -0.05) is 36.0 Å². The first-order valence-corrected chi connectivity index (χ1v) is 8.19. The highest BCUT2D eigenvalue weighted by molar-refractivity contribution is 6.35. The van der Waals surface area contributed by atoms with E-state index in [1.165, 1.54) is 25.7 Å². The van der Waals surface area contributed by atoms with E-state index in [1.54, 1.807) is 6.07 Å². The number of hydrogen-bond acceptors (Lipinski definition) is 4. The average Bonchev–Trinajstić information content (AvgIpc) is 2.89. The van der Waals surface area contributed by atoms with Gasteiger partial charge in [-0.15, -0.1) is 0 Å². The number of hydrogen-bond donors (Lipinski definition) is 2. The molecule has 116 valence electrons. The van der Waals surface area contributed by atoms with Crippen LogP contribution in [0.25, 0.3) is 0 Å². The van der Waals surface area contributed by atoms with Gasteiger partial charge in [0.1, 0.15) is 17.5 Å². The molecule has 1 aliphatic carbocycles. The van der Waals surface area contributed by atoms with Crippen LogP contribution in [-0.2, 0) is 0 Å². The van der Waals surface area contributed by atoms with E-state index in [0.29, 0.717) is 16.1 Å². The molecule has 0 bridgehead atoms. The number of nitrogens with one attached hydrogen (secondary N) is 2. The molecule has 1 aromatic carbocycles. The van der Waals surface area contributed by atoms with Gasteiger partial charge in [-0.05, 0) is 38.0 Å². The topological polar surface area (TPSA) is 49.8 Å². The summed E-state index contributed by atoms with van der Waals surface area (Å²) in [6, 6.07) is 7.76. The molecule has 1 aromatic heterocycles. The molecule has 0 spiro atoms. The van der Waals surface area contributed by atoms with Crippen molar-refractivity contribution in [1.82, 2.24) is 9.97 Å². The summed E-state index contributed by atoms with van der Waals surface area (Å²) >= 11 is 12.0. The molecule has 0 amide bonds. The zero-order valence-electron chi connectivity index (χ0n) is 12.4. The van der Waals surface area contributed by atoms with E-state index >= 15 is 0 Å². The predicted molar refractivity (Wildman–Crippen MR) is 92.4 cm³/mol. The van der Waals surface area contributed by atoms with E-state index in [1.807, 2.05) is 25.1 Å². The van der Waals surface area contributed by atoms with Crippen molar-refractivity contribution >= 4 is 40.5 Å². The molecule has 0 saturated heterocycles. The van der Waals surface area contributed by atoms with Gasteiger partial charge in [0.2, 0.25) is 0 Å². The monoisotopic (exact) mass is 336 g/mol. The van der Waals surface area contributed by atoms with E-state index in [-0.39, 0.29) is 0 Å². The van der Waals surface area contributed by atoms with Gasteiger partial charge < -0.3 is 10.6 Å². The van der Waals surface area contributed by atoms with Gasteiger partial charge in [-0.2, -0.15) is 0 Å². The molecule has 1 heterocycles. The summed E-state index contributed by atoms with van der Waals surface area (Å²) in [5.74, 6) is 2.31. The molecule has 6 heteroatoms. The van der Waals surface area contributed by atoms with Gasteiger partial charge in [0.05, 0.1) is 0 Å². The molecular formula is C16H18Cl2N4. The third kappa shape index (κ3) is 4.02. The highest BCUT2D eigenvalue weighted by Crippen LogP contribution is 2.26. The van der Waals surface area contributed by atoms with Crippen molar-refractivity contribution in [3.63, 3.8) is 0 Å². The third-order valence-electron chi connectivity index (χ3n) is 3.68. The normalized spacial score (nSPS) is 15.0. The van der Waals surface area contributed by atoms with Crippen LogP contribution in [0.5, 0.6) is 0 Å². The second kappa shape index (κ2) is 6.71. The highest BCUT2D eigenvalue weighted by atomic mass is 35.5. The first-order chi connectivity index (χ1) is 10.6. The van der Waals surface area contributed by atoms with E-state index in [4.69, 9.17) is 23.2 Å². The third-order valence-corrected chi connectivity index (χ3v) is 4.12. The largest absolute Gasteiger partial charge is 0.367 e. The second-order valence-electron chi connectivity index (χ2n) is 5.59. The Morgan fingerprint density at radius 3 is 2.27 bits per heavy atom. The summed E-state index contributed by atoms with van der Waals surface area (Å²) < 4.78 is 0. The summed E-state index contributed by atoms with van der Waals surface area (Å²) in [5.41, 5.74) is 0.808. The van der Waals surface area contributed by atoms with Gasteiger partial charge in [0.25, 0.3) is 0 Å². The Hall–Kier alpha value is -1.52. The van der Waals surface area contributed by atoms with Crippen LogP contribution in [0, 0.1) is 6.92 Å². The Balaban J connectivity index is 1.79. The summed E-state index contributed by atoms with van der Waals surface area (Å²) in [6.07, 6.45) is 4.98. The lowest BCUT2D eigenvalue weighted by Crippen LogP contribution is -2.16. The number of anilines is 3. The van der Waals surface area contributed by atoms with Gasteiger partial charge in [0.15, 0.2) is 0 Å². The molecule has 1 saturated carbocycles. The van der Waals surface area contributed by atoms with Crippen LogP contribution in [0.2, 0.25) is 10.0 Å². The average molecular weight is 337 g/mol. The fraction of sp³-hybridized carbons (Fsp3) is 0.375. The van der Waals surface area contributed by atoms with Crippen molar-refractivity contribution in [2.45, 2.75) is 38.6 Å². The van der Waals surface area contributed by atoms with Crippen LogP contribution in [0.1, 0.15) is 31.5 Å². The minimum Gasteiger partial charge on any atom is -0.367 e. The lowest BCUT2D eigenvalue weighted by molar-refractivity contribution is 0.748. The summed E-state index contributed by atoms with van der Waals surface area (Å²) in [6.45, 7) is 1.88. The molecule has 4 nitrogen and oxygen atoms in total. The Kier molecular flexibility index (Phi) is 4.69. The number of benzene rings is 1. The Morgan fingerprint density at radius 2 is 1.59 bits per heavy atom. The van der Waals surface area contributed by atoms with Crippen molar-refractivity contribution in [3.05, 3.63) is 40.1 Å². The molecule has 1 fully saturated rings. The molecule has 2 N–H and O–H groups in total. The highest BCUT2D eigenvalue weighted by Gasteiger charge is 2.15. The molecular weight excluding hydrogens is 319 g/mol. The number of aromatic nitrogens is 2. The molecule has 1 aliphatic rings. The lowest BCUT2D eigenvalue weighted by Gasteiger charge is -2.14. The summed E-state index contributed by atoms with van der Waals surface area (Å²) in [4.78, 5) is 8.87. The van der Waals surface area contributed by atoms with E-state index in [2.05, 4.69) is 20.6 Å². The maximum Gasteiger partial charge on any atom is 0.136 e. The molecule has 0 aliphatic heterocycles. The number of halogens is 2. The maximum absolute atomic E-state index is 6.02. The van der Waals surface area contributed by atoms with Crippen LogP contribution in [0.4, 0.5) is 17.3 Å². The quantitative estimate of drug-likeness (QED) is 0.806. The molecule has 2 aromatic rings. The first kappa shape index (κ1) is 15.4. The number of aryl methyl sites for hydroxylation is 1. The number of nitrogens with zero attached hydrogens (tertiary/aromatic N) is 2. The Labute approximate surface area is 140 Å². The van der Waals surface area contributed by atoms with Gasteiger partial charge >= 0.3 is 0 Å². The minimum absolute atomic E-state index is 0.516. The maximum atomic E-state index is 6.02. The number of rotatable bonds is 4. The zero-order chi connectivity index (χ0) is 15.5. The summed E-state index contributed by atoms with van der Waals surface area (Å²) in [7, 11) is 0. The SMILES string of the molecule is Cc1nc(Nc2cc(Cl)cc(Cl)c2)cc(NC2CCCC2)n1. The van der Waals surface area contributed by atoms with Crippen LogP contribution in [-0.4, -0.2) is 16.0 Å². The van der Waals surface area contributed by atoms with Crippen LogP contribution in [0.3, 0.4) is 0 Å². The fourth-order valence-corrected chi connectivity index (χ4v) is 3.28. The van der Waals surface area contributed by atoms with Gasteiger partial charge in [-0.3, -0.25) is 0 Å². The molecule has 0 radical (unpaired) electrons. The van der Waals surface area contributed by atoms with Crippen molar-refractivity contribution in [2.75, 3.05) is 10.6 Å². The van der Waals surface area contributed by atoms with Crippen molar-refractivity contribution in [3.8, 4) is 0 Å². The zero-order valence-corrected chi connectivity index (χ0v) is 13.9. The van der Waals surface area contributed by atoms with E-state index < -0.39 is 0 Å². The second-order valence-corrected chi connectivity index (χ2v) is 6.47. The molecule has 22 heavy (non-hydrogen) atoms. The summed E-state index contributed by atoms with van der Waals surface area (Å²) in [5, 5.41) is 7.90. The Bertz CT molecular complexity index is 649. The standard InChI is InChI=1S/C16H18Cl2N4/c1-10-19-15(21-13-4-2-3-5-13)9-16(20-10)22-14-7-11(17)6-12(18)8-14/h6-9,13H,2-5H2,1H3,(H2,19,20,21,22). The van der Waals surface area contributed by atoms with Crippen LogP contribution < -0.4 is 10.6 Å². The minimum atomic E-state index is 0.516. The first-order valence-electron chi connectivity index (χ1n) is 7.44. The molecule has 0 atom stereocenters. The van der Waals surface area contributed by atoms with Crippen molar-refractivity contribution < 1.29 is 0 Å². The smallest absolute Gasteiger partial charge is 0.136 e. The van der Waals surface area contributed by atoms with Crippen LogP contribution >= 0.6 is 23.2 Å². The molecule has 0 unspecified atom stereocenters. The van der Waals surface area contributed by atoms with Gasteiger partial charge in [-0.25, -0.2) is 9.97 Å². The molecule has 3 rings (SSSR count). The lowest BCUT2D eigenvalue weighted by atomic mass is 10.2. The van der Waals surface area contributed by atoms with Crippen LogP contribution in [0.15, 0.2) is 24.3 Å². The van der Waals surface area contributed by atoms with Crippen molar-refractivity contribution in [1.29, 1.82) is 0 Å². The fourth-order valence-electron chi connectivity index (χ4n) is 2.76. The van der Waals surface area contributed by atoms with E-state index in [0.717, 1.165) is 23.1 Å². The van der Waals surface area contributed by atoms with Crippen molar-refractivity contribution in [2.24, 2.45) is 0 Å².